The van der Waals surface area contributed by atoms with Crippen LogP contribution in [0.4, 0.5) is 0 Å². The summed E-state index contributed by atoms with van der Waals surface area (Å²) in [4.78, 5) is 35.7. The number of esters is 1. The number of carbonyl (C=O) groups is 3. The summed E-state index contributed by atoms with van der Waals surface area (Å²) >= 11 is 5.76. The zero-order valence-electron chi connectivity index (χ0n) is 13.0. The maximum absolute atomic E-state index is 12.1. The first-order chi connectivity index (χ1) is 11.5. The maximum Gasteiger partial charge on any atom is 0.326 e. The number of amides is 1. The van der Waals surface area contributed by atoms with Gasteiger partial charge in [0, 0.05) is 16.1 Å². The Bertz CT molecular complexity index is 728. The van der Waals surface area contributed by atoms with E-state index < -0.39 is 12.1 Å². The van der Waals surface area contributed by atoms with Crippen LogP contribution in [0.3, 0.4) is 0 Å². The van der Waals surface area contributed by atoms with Crippen molar-refractivity contribution in [3.8, 4) is 0 Å². The van der Waals surface area contributed by atoms with E-state index in [0.717, 1.165) is 0 Å². The molecule has 2 aromatic rings. The summed E-state index contributed by atoms with van der Waals surface area (Å²) in [5, 5.41) is 2.96. The third kappa shape index (κ3) is 4.93. The van der Waals surface area contributed by atoms with Gasteiger partial charge in [-0.05, 0) is 43.3 Å². The third-order valence-electron chi connectivity index (χ3n) is 3.24. The van der Waals surface area contributed by atoms with Crippen LogP contribution >= 0.6 is 11.6 Å². The average molecular weight is 346 g/mol. The molecule has 0 saturated heterocycles. The molecule has 0 radical (unpaired) electrons. The minimum absolute atomic E-state index is 0.314. The SMILES string of the molecule is C[C@H](OC(=O)CNC(=O)c1ccccc1)C(=O)c1ccc(Cl)cc1. The van der Waals surface area contributed by atoms with Crippen molar-refractivity contribution >= 4 is 29.3 Å². The van der Waals surface area contributed by atoms with Crippen LogP contribution in [-0.2, 0) is 9.53 Å². The van der Waals surface area contributed by atoms with Gasteiger partial charge in [-0.15, -0.1) is 0 Å². The third-order valence-corrected chi connectivity index (χ3v) is 3.49. The first-order valence-electron chi connectivity index (χ1n) is 7.30. The summed E-state index contributed by atoms with van der Waals surface area (Å²) in [5.41, 5.74) is 0.837. The number of nitrogens with one attached hydrogen (secondary N) is 1. The fourth-order valence-electron chi connectivity index (χ4n) is 1.99. The lowest BCUT2D eigenvalue weighted by Crippen LogP contribution is -2.34. The number of rotatable bonds is 6. The molecule has 2 rings (SSSR count). The molecular formula is C18H16ClNO4. The molecule has 1 amide bonds. The molecule has 0 unspecified atom stereocenters. The van der Waals surface area contributed by atoms with Gasteiger partial charge in [0.25, 0.3) is 5.91 Å². The zero-order valence-corrected chi connectivity index (χ0v) is 13.7. The minimum atomic E-state index is -0.952. The number of Topliss-reactive ketones (excluding diaryl/α,β-unsaturated/α-hetero) is 1. The van der Waals surface area contributed by atoms with E-state index in [4.69, 9.17) is 16.3 Å². The van der Waals surface area contributed by atoms with Gasteiger partial charge >= 0.3 is 5.97 Å². The lowest BCUT2D eigenvalue weighted by Gasteiger charge is -2.13. The zero-order chi connectivity index (χ0) is 17.5. The van der Waals surface area contributed by atoms with Crippen LogP contribution in [0.25, 0.3) is 0 Å². The van der Waals surface area contributed by atoms with Gasteiger partial charge in [0.1, 0.15) is 6.54 Å². The quantitative estimate of drug-likeness (QED) is 0.645. The number of hydrogen-bond donors (Lipinski definition) is 1. The average Bonchev–Trinajstić information content (AvgIpc) is 2.60. The molecule has 6 heteroatoms. The van der Waals surface area contributed by atoms with Crippen LogP contribution in [0, 0.1) is 0 Å². The summed E-state index contributed by atoms with van der Waals surface area (Å²) < 4.78 is 5.05. The number of halogens is 1. The number of ketones is 1. The lowest BCUT2D eigenvalue weighted by molar-refractivity contribution is -0.145. The molecule has 0 saturated carbocycles. The van der Waals surface area contributed by atoms with Crippen molar-refractivity contribution in [2.75, 3.05) is 6.54 Å². The molecule has 0 spiro atoms. The van der Waals surface area contributed by atoms with Crippen LogP contribution in [-0.4, -0.2) is 30.3 Å². The molecule has 124 valence electrons. The largest absolute Gasteiger partial charge is 0.453 e. The highest BCUT2D eigenvalue weighted by atomic mass is 35.5. The first kappa shape index (κ1) is 17.7. The predicted molar refractivity (Wildman–Crippen MR) is 90.1 cm³/mol. The number of hydrogen-bond acceptors (Lipinski definition) is 4. The van der Waals surface area contributed by atoms with Gasteiger partial charge < -0.3 is 10.1 Å². The van der Waals surface area contributed by atoms with Crippen LogP contribution < -0.4 is 5.32 Å². The Balaban J connectivity index is 1.84. The second kappa shape index (κ2) is 8.26. The Kier molecular flexibility index (Phi) is 6.09. The highest BCUT2D eigenvalue weighted by Gasteiger charge is 2.19. The highest BCUT2D eigenvalue weighted by Crippen LogP contribution is 2.12. The Morgan fingerprint density at radius 3 is 2.25 bits per heavy atom. The van der Waals surface area contributed by atoms with Gasteiger partial charge in [-0.2, -0.15) is 0 Å². The molecular weight excluding hydrogens is 330 g/mol. The van der Waals surface area contributed by atoms with Crippen LogP contribution in [0.2, 0.25) is 5.02 Å². The molecule has 5 nitrogen and oxygen atoms in total. The molecule has 1 N–H and O–H groups in total. The Hall–Kier alpha value is -2.66. The van der Waals surface area contributed by atoms with E-state index in [9.17, 15) is 14.4 Å². The van der Waals surface area contributed by atoms with Crippen LogP contribution in [0.1, 0.15) is 27.6 Å². The van der Waals surface area contributed by atoms with E-state index >= 15 is 0 Å². The fourth-order valence-corrected chi connectivity index (χ4v) is 2.11. The van der Waals surface area contributed by atoms with Crippen LogP contribution in [0.15, 0.2) is 54.6 Å². The van der Waals surface area contributed by atoms with Gasteiger partial charge in [0.05, 0.1) is 0 Å². The second-order valence-corrected chi connectivity index (χ2v) is 5.49. The van der Waals surface area contributed by atoms with Crippen molar-refractivity contribution in [3.63, 3.8) is 0 Å². The predicted octanol–water partition coefficient (Wildman–Crippen LogP) is 2.88. The van der Waals surface area contributed by atoms with Crippen molar-refractivity contribution in [1.82, 2.24) is 5.32 Å². The molecule has 0 aliphatic heterocycles. The second-order valence-electron chi connectivity index (χ2n) is 5.05. The summed E-state index contributed by atoms with van der Waals surface area (Å²) in [7, 11) is 0. The van der Waals surface area contributed by atoms with E-state index in [-0.39, 0.29) is 18.2 Å². The van der Waals surface area contributed by atoms with E-state index in [1.54, 1.807) is 54.6 Å². The summed E-state index contributed by atoms with van der Waals surface area (Å²) in [6.07, 6.45) is -0.952. The van der Waals surface area contributed by atoms with Gasteiger partial charge in [-0.1, -0.05) is 29.8 Å². The molecule has 0 bridgehead atoms. The maximum atomic E-state index is 12.1. The smallest absolute Gasteiger partial charge is 0.326 e. The van der Waals surface area contributed by atoms with E-state index in [1.807, 2.05) is 0 Å². The monoisotopic (exact) mass is 345 g/mol. The Morgan fingerprint density at radius 2 is 1.62 bits per heavy atom. The summed E-state index contributed by atoms with van der Waals surface area (Å²) in [6, 6.07) is 14.8. The number of benzene rings is 2. The van der Waals surface area contributed by atoms with Gasteiger partial charge in [-0.25, -0.2) is 0 Å². The molecule has 0 fully saturated rings. The normalized spacial score (nSPS) is 11.4. The Labute approximate surface area is 144 Å². The molecule has 0 aliphatic carbocycles. The minimum Gasteiger partial charge on any atom is -0.453 e. The van der Waals surface area contributed by atoms with E-state index in [2.05, 4.69) is 5.32 Å². The summed E-state index contributed by atoms with van der Waals surface area (Å²) in [5.74, 6) is -1.41. The lowest BCUT2D eigenvalue weighted by atomic mass is 10.1. The van der Waals surface area contributed by atoms with Gasteiger partial charge in [-0.3, -0.25) is 14.4 Å². The molecule has 24 heavy (non-hydrogen) atoms. The van der Waals surface area contributed by atoms with E-state index in [0.29, 0.717) is 16.1 Å². The standard InChI is InChI=1S/C18H16ClNO4/c1-12(17(22)13-7-9-15(19)10-8-13)24-16(21)11-20-18(23)14-5-3-2-4-6-14/h2-10,12H,11H2,1H3,(H,20,23)/t12-/m0/s1. The fraction of sp³-hybridized carbons (Fsp3) is 0.167. The van der Waals surface area contributed by atoms with Gasteiger partial charge in [0.15, 0.2) is 6.10 Å². The number of carbonyl (C=O) groups excluding carboxylic acids is 3. The summed E-state index contributed by atoms with van der Waals surface area (Å²) in [6.45, 7) is 1.17. The van der Waals surface area contributed by atoms with Crippen molar-refractivity contribution in [3.05, 3.63) is 70.7 Å². The van der Waals surface area contributed by atoms with Crippen molar-refractivity contribution in [1.29, 1.82) is 0 Å². The highest BCUT2D eigenvalue weighted by molar-refractivity contribution is 6.30. The Morgan fingerprint density at radius 1 is 1.00 bits per heavy atom. The first-order valence-corrected chi connectivity index (χ1v) is 7.67. The molecule has 2 aromatic carbocycles. The van der Waals surface area contributed by atoms with Crippen LogP contribution in [0.5, 0.6) is 0 Å². The van der Waals surface area contributed by atoms with Gasteiger partial charge in [0.2, 0.25) is 5.78 Å². The van der Waals surface area contributed by atoms with Crippen molar-refractivity contribution in [2.45, 2.75) is 13.0 Å². The number of ether oxygens (including phenoxy) is 1. The molecule has 0 heterocycles. The molecule has 1 atom stereocenters. The van der Waals surface area contributed by atoms with E-state index in [1.165, 1.54) is 6.92 Å². The molecule has 0 aliphatic rings. The topological polar surface area (TPSA) is 72.5 Å². The van der Waals surface area contributed by atoms with Crippen molar-refractivity contribution in [2.24, 2.45) is 0 Å². The molecule has 0 aromatic heterocycles. The van der Waals surface area contributed by atoms with Crippen molar-refractivity contribution < 1.29 is 19.1 Å².